The Balaban J connectivity index is 1.26. The topological polar surface area (TPSA) is 339 Å². The molecule has 97 heavy (non-hydrogen) atoms. The summed E-state index contributed by atoms with van der Waals surface area (Å²) in [5.74, 6) is -3.66. The smallest absolute Gasteiger partial charge is 0.331 e. The SMILES string of the molecule is CCCCCCCCCCCC(=O)O[C@H]1[C@H](O[C@@H]2[C@@H](O)[C@H]3OC(=O)CCCCCCCCC[C@H](CCCCC)O[C@@H]4O[C@H](C)[C@H](O)[C@H](O)[C@H]4O[C@@H]3O[C@H]2C)O[C@@H](C)[C@H](O[C@@H]2O[C@@H](C)[C@H](OC(=O)[C@@H](C)CC)[C@@H](O)[C@H]2OC(=O)C=Cc2ccccc2)[C@H]1O[C@@H]1O[C@@H](C)[C@H](O)[C@@H](O)[C@H]1O. The minimum Gasteiger partial charge on any atom is -0.456 e. The van der Waals surface area contributed by atoms with Gasteiger partial charge in [0.05, 0.1) is 42.5 Å². The van der Waals surface area contributed by atoms with Crippen LogP contribution in [0.4, 0.5) is 0 Å². The van der Waals surface area contributed by atoms with Crippen LogP contribution < -0.4 is 0 Å². The Morgan fingerprint density at radius 2 is 1.04 bits per heavy atom. The third kappa shape index (κ3) is 23.3. The molecule has 7 rings (SSSR count). The number of hydrogen-bond acceptors (Lipinski definition) is 25. The molecule has 6 saturated heterocycles. The van der Waals surface area contributed by atoms with E-state index in [2.05, 4.69) is 13.8 Å². The van der Waals surface area contributed by atoms with Gasteiger partial charge < -0.3 is 102 Å². The fraction of sp³-hybridized carbons (Fsp3) is 0.833. The first-order valence-corrected chi connectivity index (χ1v) is 36.4. The van der Waals surface area contributed by atoms with Crippen LogP contribution in [0.5, 0.6) is 0 Å². The Kier molecular flexibility index (Phi) is 33.8. The van der Waals surface area contributed by atoms with E-state index in [9.17, 15) is 54.9 Å². The van der Waals surface area contributed by atoms with Crippen molar-refractivity contribution in [2.24, 2.45) is 5.92 Å². The summed E-state index contributed by atoms with van der Waals surface area (Å²) in [6, 6.07) is 8.86. The van der Waals surface area contributed by atoms with E-state index in [1.807, 2.05) is 0 Å². The molecule has 6 aliphatic rings. The summed E-state index contributed by atoms with van der Waals surface area (Å²) in [6.07, 6.45) is -17.8. The Bertz CT molecular complexity index is 2490. The molecule has 25 nitrogen and oxygen atoms in total. The summed E-state index contributed by atoms with van der Waals surface area (Å²) in [5, 5.41) is 82.0. The fourth-order valence-corrected chi connectivity index (χ4v) is 13.3. The van der Waals surface area contributed by atoms with E-state index in [0.717, 1.165) is 109 Å². The molecule has 0 amide bonds. The van der Waals surface area contributed by atoms with E-state index < -0.39 is 183 Å². The van der Waals surface area contributed by atoms with Crippen LogP contribution in [-0.2, 0) is 85.5 Å². The first-order valence-electron chi connectivity index (χ1n) is 36.4. The van der Waals surface area contributed by atoms with Crippen molar-refractivity contribution in [2.45, 2.75) is 376 Å². The highest BCUT2D eigenvalue weighted by atomic mass is 16.8. The molecule has 6 fully saturated rings. The molecule has 0 saturated carbocycles. The van der Waals surface area contributed by atoms with Crippen LogP contribution >= 0.6 is 0 Å². The lowest BCUT2D eigenvalue weighted by atomic mass is 9.95. The molecule has 0 unspecified atom stereocenters. The van der Waals surface area contributed by atoms with Gasteiger partial charge in [-0.25, -0.2) is 4.79 Å². The van der Waals surface area contributed by atoms with Crippen molar-refractivity contribution in [2.75, 3.05) is 0 Å². The number of benzene rings is 1. The van der Waals surface area contributed by atoms with Crippen molar-refractivity contribution in [1.29, 1.82) is 0 Å². The number of fused-ring (bicyclic) bond motifs is 2. The van der Waals surface area contributed by atoms with Crippen LogP contribution in [0.3, 0.4) is 0 Å². The van der Waals surface area contributed by atoms with Crippen LogP contribution in [0.2, 0.25) is 0 Å². The van der Waals surface area contributed by atoms with Crippen molar-refractivity contribution in [3.8, 4) is 0 Å². The van der Waals surface area contributed by atoms with Crippen LogP contribution in [-0.4, -0.2) is 219 Å². The van der Waals surface area contributed by atoms with Crippen LogP contribution in [0.25, 0.3) is 6.08 Å². The number of carbonyl (C=O) groups excluding carboxylic acids is 4. The molecule has 6 aliphatic heterocycles. The number of hydrogen-bond donors (Lipinski definition) is 7. The van der Waals surface area contributed by atoms with Crippen LogP contribution in [0, 0.1) is 5.92 Å². The first kappa shape index (κ1) is 80.5. The number of unbranched alkanes of at least 4 members (excludes halogenated alkanes) is 10. The van der Waals surface area contributed by atoms with Gasteiger partial charge in [0.25, 0.3) is 0 Å². The molecule has 0 radical (unpaired) electrons. The largest absolute Gasteiger partial charge is 0.456 e. The highest BCUT2D eigenvalue weighted by Crippen LogP contribution is 2.40. The third-order valence-electron chi connectivity index (χ3n) is 19.6. The molecule has 0 aliphatic carbocycles. The van der Waals surface area contributed by atoms with Gasteiger partial charge in [-0.15, -0.1) is 0 Å². The van der Waals surface area contributed by atoms with Gasteiger partial charge >= 0.3 is 23.9 Å². The Morgan fingerprint density at radius 1 is 0.495 bits per heavy atom. The second-order valence-electron chi connectivity index (χ2n) is 27.5. The molecule has 0 aromatic heterocycles. The van der Waals surface area contributed by atoms with E-state index in [4.69, 9.17) is 66.3 Å². The van der Waals surface area contributed by atoms with Gasteiger partial charge in [-0.3, -0.25) is 14.4 Å². The van der Waals surface area contributed by atoms with Crippen LogP contribution in [0.1, 0.15) is 222 Å². The van der Waals surface area contributed by atoms with E-state index in [0.29, 0.717) is 44.1 Å². The maximum atomic E-state index is 14.6. The summed E-state index contributed by atoms with van der Waals surface area (Å²) in [6.45, 7) is 15.4. The monoisotopic (exact) mass is 1380 g/mol. The highest BCUT2D eigenvalue weighted by molar-refractivity contribution is 5.87. The number of esters is 4. The molecule has 554 valence electrons. The lowest BCUT2D eigenvalue weighted by molar-refractivity contribution is -0.399. The molecule has 6 heterocycles. The number of rotatable bonds is 27. The average molecular weight is 1380 g/mol. The molecule has 1 aromatic carbocycles. The zero-order valence-corrected chi connectivity index (χ0v) is 58.6. The molecule has 0 spiro atoms. The summed E-state index contributed by atoms with van der Waals surface area (Å²) in [5.41, 5.74) is 0.646. The van der Waals surface area contributed by atoms with Crippen molar-refractivity contribution in [3.63, 3.8) is 0 Å². The fourth-order valence-electron chi connectivity index (χ4n) is 13.3. The molecular weight excluding hydrogens is 1260 g/mol. The second-order valence-corrected chi connectivity index (χ2v) is 27.5. The van der Waals surface area contributed by atoms with E-state index in [1.165, 1.54) is 33.8 Å². The lowest BCUT2D eigenvalue weighted by Crippen LogP contribution is -2.68. The summed E-state index contributed by atoms with van der Waals surface area (Å²) in [7, 11) is 0. The molecule has 1 aromatic rings. The van der Waals surface area contributed by atoms with Gasteiger partial charge in [0, 0.05) is 18.9 Å². The minimum absolute atomic E-state index is 0.0392. The van der Waals surface area contributed by atoms with Crippen molar-refractivity contribution in [1.82, 2.24) is 0 Å². The molecule has 0 bridgehead atoms. The number of carbonyl (C=O) groups is 4. The van der Waals surface area contributed by atoms with E-state index in [1.54, 1.807) is 51.1 Å². The van der Waals surface area contributed by atoms with Crippen molar-refractivity contribution < 1.29 is 121 Å². The van der Waals surface area contributed by atoms with Crippen molar-refractivity contribution >= 4 is 30.0 Å². The molecule has 7 N–H and O–H groups in total. The Morgan fingerprint density at radius 3 is 1.72 bits per heavy atom. The van der Waals surface area contributed by atoms with Crippen LogP contribution in [0.15, 0.2) is 36.4 Å². The number of ether oxygens (including phenoxy) is 14. The zero-order valence-electron chi connectivity index (χ0n) is 58.6. The van der Waals surface area contributed by atoms with E-state index >= 15 is 0 Å². The number of aliphatic hydroxyl groups excluding tert-OH is 7. The Labute approximate surface area is 573 Å². The molecule has 27 atom stereocenters. The maximum absolute atomic E-state index is 14.6. The van der Waals surface area contributed by atoms with Gasteiger partial charge in [0.2, 0.25) is 0 Å². The molecule has 25 heteroatoms. The second kappa shape index (κ2) is 40.7. The Hall–Kier alpha value is -3.84. The summed E-state index contributed by atoms with van der Waals surface area (Å²) >= 11 is 0. The first-order chi connectivity index (χ1) is 46.5. The van der Waals surface area contributed by atoms with Crippen molar-refractivity contribution in [3.05, 3.63) is 42.0 Å². The quantitative estimate of drug-likeness (QED) is 0.0193. The lowest BCUT2D eigenvalue weighted by Gasteiger charge is -2.51. The summed E-state index contributed by atoms with van der Waals surface area (Å²) in [4.78, 5) is 55.9. The predicted molar refractivity (Wildman–Crippen MR) is 350 cm³/mol. The third-order valence-corrected chi connectivity index (χ3v) is 19.6. The average Bonchev–Trinajstić information content (AvgIpc) is 0.768. The predicted octanol–water partition coefficient (Wildman–Crippen LogP) is 7.60. The normalized spacial score (nSPS) is 38.5. The van der Waals surface area contributed by atoms with E-state index in [-0.39, 0.29) is 18.9 Å². The van der Waals surface area contributed by atoms with Gasteiger partial charge in [-0.1, -0.05) is 167 Å². The van der Waals surface area contributed by atoms with Gasteiger partial charge in [0.15, 0.2) is 55.9 Å². The maximum Gasteiger partial charge on any atom is 0.331 e. The standard InChI is InChI=1S/C72H116O25/c1-10-13-15-16-17-18-21-24-32-38-50(74)92-66-65(97-68-56(80)54(78)52(76)42(5)84-68)61(95-70-63(91-51(75)40-39-47-33-28-26-29-34-47)57(81)59(44(7)86-70)93-67(83)41(4)12-3)46(9)88-72(66)94-60-45(8)87-71-64(58(60)82)90-49(73)37-31-25-22-19-20-23-30-36-48(35-27-14-11-2)89-69-62(96-71)55(79)53(77)43(6)85-69/h26,28-29,33-34,39-46,48,52-66,68-72,76-82H,10-25,27,30-32,35-38H2,1-9H3/t41-,42-,43+,44-,45-,46-,48-,52-,53-,54+,55-,56+,57+,58+,59-,60-,61-,62+,63+,64+,65+,66+,68-,69-,70-,71-,72-/m0/s1. The van der Waals surface area contributed by atoms with Gasteiger partial charge in [-0.05, 0) is 78.4 Å². The van der Waals surface area contributed by atoms with Gasteiger partial charge in [-0.2, -0.15) is 0 Å². The molecular formula is C72H116O25. The summed E-state index contributed by atoms with van der Waals surface area (Å²) < 4.78 is 90.0. The van der Waals surface area contributed by atoms with Gasteiger partial charge in [0.1, 0.15) is 67.1 Å². The number of aliphatic hydroxyl groups is 7. The zero-order chi connectivity index (χ0) is 70.3. The highest BCUT2D eigenvalue weighted by Gasteiger charge is 2.59. The minimum atomic E-state index is -1.95.